The van der Waals surface area contributed by atoms with Crippen molar-refractivity contribution in [1.29, 1.82) is 0 Å². The average Bonchev–Trinajstić information content (AvgIpc) is 3.48. The fraction of sp³-hybridized carbons (Fsp3) is 0.500. The van der Waals surface area contributed by atoms with Crippen molar-refractivity contribution in [1.82, 2.24) is 15.1 Å². The van der Waals surface area contributed by atoms with Crippen molar-refractivity contribution >= 4 is 29.2 Å². The molecule has 3 heterocycles. The van der Waals surface area contributed by atoms with E-state index in [0.717, 1.165) is 35.3 Å². The van der Waals surface area contributed by atoms with Crippen LogP contribution >= 0.6 is 11.3 Å². The molecule has 0 bridgehead atoms. The second-order valence-corrected chi connectivity index (χ2v) is 10.4. The summed E-state index contributed by atoms with van der Waals surface area (Å²) in [5.41, 5.74) is 1.37. The van der Waals surface area contributed by atoms with E-state index in [4.69, 9.17) is 9.47 Å². The van der Waals surface area contributed by atoms with E-state index in [-0.39, 0.29) is 36.9 Å². The van der Waals surface area contributed by atoms with Gasteiger partial charge in [0.05, 0.1) is 20.3 Å². The van der Waals surface area contributed by atoms with Crippen molar-refractivity contribution in [3.8, 4) is 11.5 Å². The molecule has 5 rings (SSSR count). The van der Waals surface area contributed by atoms with Gasteiger partial charge in [0.15, 0.2) is 11.5 Å². The molecule has 1 saturated heterocycles. The molecule has 0 radical (unpaired) electrons. The molecule has 2 fully saturated rings. The quantitative estimate of drug-likeness (QED) is 0.612. The molecule has 1 aromatic carbocycles. The highest BCUT2D eigenvalue weighted by molar-refractivity contribution is 7.10. The number of fused-ring (bicyclic) bond motifs is 1. The lowest BCUT2D eigenvalue weighted by Gasteiger charge is -2.37. The van der Waals surface area contributed by atoms with Crippen molar-refractivity contribution in [2.75, 3.05) is 27.3 Å². The molecule has 35 heavy (non-hydrogen) atoms. The Morgan fingerprint density at radius 3 is 2.57 bits per heavy atom. The maximum Gasteiger partial charge on any atom is 0.325 e. The van der Waals surface area contributed by atoms with E-state index in [9.17, 15) is 14.4 Å². The van der Waals surface area contributed by atoms with Gasteiger partial charge in [-0.25, -0.2) is 4.79 Å². The standard InChI is InChI=1S/C26H31N3O5S/c1-33-19-15-17-8-12-28(23(21-7-6-14-35-21)18(17)16-20(19)34-2)22(30)9-13-29-24(31)26(27-25(29)32)10-4-3-5-11-26/h6-7,14-16,23H,3-5,8-13H2,1-2H3,(H,27,32). The summed E-state index contributed by atoms with van der Waals surface area (Å²) in [6, 6.07) is 7.34. The molecular formula is C26H31N3O5S. The predicted molar refractivity (Wildman–Crippen MR) is 132 cm³/mol. The number of methoxy groups -OCH3 is 2. The van der Waals surface area contributed by atoms with Gasteiger partial charge >= 0.3 is 6.03 Å². The number of hydrogen-bond donors (Lipinski definition) is 1. The van der Waals surface area contributed by atoms with Crippen molar-refractivity contribution in [3.05, 3.63) is 45.6 Å². The summed E-state index contributed by atoms with van der Waals surface area (Å²) < 4.78 is 11.0. The summed E-state index contributed by atoms with van der Waals surface area (Å²) in [5.74, 6) is 1.05. The molecule has 1 aromatic heterocycles. The van der Waals surface area contributed by atoms with Crippen LogP contribution < -0.4 is 14.8 Å². The zero-order valence-electron chi connectivity index (χ0n) is 20.2. The van der Waals surface area contributed by atoms with E-state index in [1.54, 1.807) is 25.6 Å². The van der Waals surface area contributed by atoms with Gasteiger partial charge in [0.25, 0.3) is 5.91 Å². The van der Waals surface area contributed by atoms with Gasteiger partial charge in [-0.2, -0.15) is 0 Å². The third kappa shape index (κ3) is 4.16. The molecular weight excluding hydrogens is 466 g/mol. The van der Waals surface area contributed by atoms with Crippen LogP contribution in [-0.4, -0.2) is 60.5 Å². The van der Waals surface area contributed by atoms with Crippen LogP contribution in [0.15, 0.2) is 29.6 Å². The number of benzene rings is 1. The highest BCUT2D eigenvalue weighted by Gasteiger charge is 2.51. The van der Waals surface area contributed by atoms with E-state index in [1.807, 2.05) is 34.5 Å². The van der Waals surface area contributed by atoms with Gasteiger partial charge in [-0.3, -0.25) is 14.5 Å². The lowest BCUT2D eigenvalue weighted by atomic mass is 9.82. The molecule has 1 spiro atoms. The molecule has 1 aliphatic carbocycles. The minimum Gasteiger partial charge on any atom is -0.493 e. The summed E-state index contributed by atoms with van der Waals surface area (Å²) in [5, 5.41) is 4.93. The summed E-state index contributed by atoms with van der Waals surface area (Å²) >= 11 is 1.60. The Kier molecular flexibility index (Phi) is 6.44. The number of ether oxygens (including phenoxy) is 2. The predicted octanol–water partition coefficient (Wildman–Crippen LogP) is 3.88. The normalized spacial score (nSPS) is 21.1. The van der Waals surface area contributed by atoms with Gasteiger partial charge in [0.1, 0.15) is 5.54 Å². The minimum absolute atomic E-state index is 0.0750. The first-order valence-electron chi connectivity index (χ1n) is 12.2. The fourth-order valence-corrected chi connectivity index (χ4v) is 6.55. The first-order valence-corrected chi connectivity index (χ1v) is 13.1. The summed E-state index contributed by atoms with van der Waals surface area (Å²) in [6.07, 6.45) is 5.09. The molecule has 2 aromatic rings. The molecule has 1 atom stereocenters. The lowest BCUT2D eigenvalue weighted by Crippen LogP contribution is -2.48. The van der Waals surface area contributed by atoms with Crippen LogP contribution in [0, 0.1) is 0 Å². The van der Waals surface area contributed by atoms with E-state index < -0.39 is 5.54 Å². The van der Waals surface area contributed by atoms with Crippen LogP contribution in [0.1, 0.15) is 60.6 Å². The smallest absolute Gasteiger partial charge is 0.325 e. The number of nitrogens with one attached hydrogen (secondary N) is 1. The number of imide groups is 1. The number of rotatable bonds is 6. The van der Waals surface area contributed by atoms with Gasteiger partial charge in [-0.15, -0.1) is 11.3 Å². The van der Waals surface area contributed by atoms with Gasteiger partial charge in [-0.05, 0) is 54.0 Å². The van der Waals surface area contributed by atoms with Crippen molar-refractivity contribution in [2.45, 2.75) is 56.5 Å². The van der Waals surface area contributed by atoms with E-state index in [1.165, 1.54) is 4.90 Å². The highest BCUT2D eigenvalue weighted by atomic mass is 32.1. The number of carbonyl (C=O) groups excluding carboxylic acids is 3. The maximum absolute atomic E-state index is 13.5. The number of nitrogens with zero attached hydrogens (tertiary/aromatic N) is 2. The van der Waals surface area contributed by atoms with Crippen LogP contribution in [0.4, 0.5) is 4.79 Å². The highest BCUT2D eigenvalue weighted by Crippen LogP contribution is 2.42. The Hall–Kier alpha value is -3.07. The third-order valence-corrected chi connectivity index (χ3v) is 8.43. The molecule has 1 N–H and O–H groups in total. The Balaban J connectivity index is 1.37. The summed E-state index contributed by atoms with van der Waals surface area (Å²) in [7, 11) is 3.22. The first kappa shape index (κ1) is 23.7. The first-order chi connectivity index (χ1) is 17.0. The van der Waals surface area contributed by atoms with Gasteiger partial charge in [-0.1, -0.05) is 25.3 Å². The third-order valence-electron chi connectivity index (χ3n) is 7.51. The van der Waals surface area contributed by atoms with Crippen LogP contribution in [-0.2, 0) is 16.0 Å². The summed E-state index contributed by atoms with van der Waals surface area (Å²) in [6.45, 7) is 0.645. The molecule has 8 nitrogen and oxygen atoms in total. The number of hydrogen-bond acceptors (Lipinski definition) is 6. The molecule has 4 amide bonds. The van der Waals surface area contributed by atoms with Crippen LogP contribution in [0.3, 0.4) is 0 Å². The van der Waals surface area contributed by atoms with Gasteiger partial charge in [0, 0.05) is 24.4 Å². The number of amides is 4. The zero-order valence-corrected chi connectivity index (χ0v) is 21.0. The number of carbonyl (C=O) groups is 3. The van der Waals surface area contributed by atoms with E-state index >= 15 is 0 Å². The molecule has 9 heteroatoms. The Morgan fingerprint density at radius 1 is 1.14 bits per heavy atom. The van der Waals surface area contributed by atoms with Gasteiger partial charge < -0.3 is 19.7 Å². The van der Waals surface area contributed by atoms with Crippen LogP contribution in [0.25, 0.3) is 0 Å². The molecule has 3 aliphatic rings. The van der Waals surface area contributed by atoms with E-state index in [0.29, 0.717) is 37.3 Å². The minimum atomic E-state index is -0.766. The topological polar surface area (TPSA) is 88.2 Å². The molecule has 1 saturated carbocycles. The lowest BCUT2D eigenvalue weighted by molar-refractivity contribution is -0.135. The fourth-order valence-electron chi connectivity index (χ4n) is 5.69. The Bertz CT molecular complexity index is 1130. The monoisotopic (exact) mass is 497 g/mol. The maximum atomic E-state index is 13.5. The van der Waals surface area contributed by atoms with E-state index in [2.05, 4.69) is 5.32 Å². The largest absolute Gasteiger partial charge is 0.493 e. The van der Waals surface area contributed by atoms with Crippen LogP contribution in [0.5, 0.6) is 11.5 Å². The van der Waals surface area contributed by atoms with Gasteiger partial charge in [0.2, 0.25) is 5.91 Å². The second kappa shape index (κ2) is 9.53. The number of urea groups is 1. The van der Waals surface area contributed by atoms with Crippen LogP contribution in [0.2, 0.25) is 0 Å². The zero-order chi connectivity index (χ0) is 24.6. The van der Waals surface area contributed by atoms with Crippen molar-refractivity contribution in [3.63, 3.8) is 0 Å². The second-order valence-electron chi connectivity index (χ2n) is 9.44. The van der Waals surface area contributed by atoms with Crippen molar-refractivity contribution < 1.29 is 23.9 Å². The Labute approximate surface area is 209 Å². The molecule has 186 valence electrons. The molecule has 1 unspecified atom stereocenters. The SMILES string of the molecule is COc1cc2c(cc1OC)C(c1cccs1)N(C(=O)CCN1C(=O)NC3(CCCCC3)C1=O)CC2. The Morgan fingerprint density at radius 2 is 1.89 bits per heavy atom. The molecule has 2 aliphatic heterocycles. The average molecular weight is 498 g/mol. The summed E-state index contributed by atoms with van der Waals surface area (Å²) in [4.78, 5) is 43.5. The number of thiophene rings is 1. The van der Waals surface area contributed by atoms with Crippen molar-refractivity contribution in [2.24, 2.45) is 0 Å².